The second kappa shape index (κ2) is 6.71. The fourth-order valence-corrected chi connectivity index (χ4v) is 2.18. The summed E-state index contributed by atoms with van der Waals surface area (Å²) in [6, 6.07) is 3.26. The summed E-state index contributed by atoms with van der Waals surface area (Å²) in [5.74, 6) is -0.732. The van der Waals surface area contributed by atoms with Gasteiger partial charge < -0.3 is 9.84 Å². The van der Waals surface area contributed by atoms with Crippen molar-refractivity contribution in [3.05, 3.63) is 59.7 Å². The van der Waals surface area contributed by atoms with Crippen molar-refractivity contribution in [3.63, 3.8) is 0 Å². The van der Waals surface area contributed by atoms with Crippen molar-refractivity contribution < 1.29 is 14.6 Å². The molecule has 2 aromatic rings. The van der Waals surface area contributed by atoms with Gasteiger partial charge in [-0.3, -0.25) is 9.36 Å². The van der Waals surface area contributed by atoms with Crippen LogP contribution in [0.1, 0.15) is 5.56 Å². The lowest BCUT2D eigenvalue weighted by Crippen LogP contribution is -2.21. The van der Waals surface area contributed by atoms with E-state index in [1.807, 2.05) is 0 Å². The Kier molecular flexibility index (Phi) is 4.73. The number of aliphatic carboxylic acids is 1. The van der Waals surface area contributed by atoms with Gasteiger partial charge >= 0.3 is 5.97 Å². The van der Waals surface area contributed by atoms with Crippen LogP contribution in [0.4, 0.5) is 0 Å². The summed E-state index contributed by atoms with van der Waals surface area (Å²) in [5.41, 5.74) is 0.900. The van der Waals surface area contributed by atoms with Crippen molar-refractivity contribution in [1.29, 1.82) is 0 Å². The van der Waals surface area contributed by atoms with Crippen LogP contribution in [-0.2, 0) is 17.8 Å². The highest BCUT2D eigenvalue weighted by Gasteiger charge is 2.14. The Morgan fingerprint density at radius 2 is 2.14 bits per heavy atom. The Hall–Kier alpha value is -2.89. The highest BCUT2D eigenvalue weighted by Crippen LogP contribution is 2.25. The topological polar surface area (TPSA) is 81.4 Å². The molecule has 0 atom stereocenters. The Balaban J connectivity index is 2.67. The fraction of sp³-hybridized carbons (Fsp3) is 0.188. The average Bonchev–Trinajstić information content (AvgIpc) is 2.49. The van der Waals surface area contributed by atoms with Gasteiger partial charge in [-0.05, 0) is 18.6 Å². The van der Waals surface area contributed by atoms with E-state index in [1.165, 1.54) is 10.9 Å². The minimum Gasteiger partial charge on any atom is -0.482 e. The van der Waals surface area contributed by atoms with E-state index in [1.54, 1.807) is 24.3 Å². The lowest BCUT2D eigenvalue weighted by Gasteiger charge is -2.12. The monoisotopic (exact) mass is 300 g/mol. The summed E-state index contributed by atoms with van der Waals surface area (Å²) in [6.07, 6.45) is 5.07. The third-order valence-corrected chi connectivity index (χ3v) is 3.08. The van der Waals surface area contributed by atoms with E-state index in [0.29, 0.717) is 35.2 Å². The Bertz CT molecular complexity index is 793. The number of ether oxygens (including phenoxy) is 1. The van der Waals surface area contributed by atoms with E-state index in [4.69, 9.17) is 9.84 Å². The minimum atomic E-state index is -1.08. The molecule has 2 rings (SSSR count). The van der Waals surface area contributed by atoms with Gasteiger partial charge in [-0.2, -0.15) is 0 Å². The molecule has 6 nitrogen and oxygen atoms in total. The van der Waals surface area contributed by atoms with Gasteiger partial charge in [-0.25, -0.2) is 9.78 Å². The molecule has 0 unspecified atom stereocenters. The molecular formula is C16H16N2O4. The molecule has 0 amide bonds. The zero-order valence-electron chi connectivity index (χ0n) is 12.0. The van der Waals surface area contributed by atoms with Gasteiger partial charge in [0.2, 0.25) is 0 Å². The SMILES string of the molecule is C=CCc1c(OCC(=O)O)ccc2ncn(CC=C)c(=O)c12. The maximum atomic E-state index is 12.6. The zero-order valence-corrected chi connectivity index (χ0v) is 12.0. The van der Waals surface area contributed by atoms with Crippen molar-refractivity contribution in [1.82, 2.24) is 9.55 Å². The van der Waals surface area contributed by atoms with Gasteiger partial charge in [0.25, 0.3) is 5.56 Å². The number of fused-ring (bicyclic) bond motifs is 1. The lowest BCUT2D eigenvalue weighted by atomic mass is 10.0. The van der Waals surface area contributed by atoms with E-state index in [-0.39, 0.29) is 5.56 Å². The van der Waals surface area contributed by atoms with E-state index < -0.39 is 12.6 Å². The van der Waals surface area contributed by atoms with E-state index >= 15 is 0 Å². The molecule has 0 saturated carbocycles. The average molecular weight is 300 g/mol. The molecule has 22 heavy (non-hydrogen) atoms. The molecule has 1 heterocycles. The molecule has 6 heteroatoms. The lowest BCUT2D eigenvalue weighted by molar-refractivity contribution is -0.139. The standard InChI is InChI=1S/C16H16N2O4/c1-3-5-11-13(22-9-14(19)20)7-6-12-15(11)16(21)18(8-4-2)10-17-12/h3-4,6-7,10H,1-2,5,8-9H2,(H,19,20). The molecule has 0 saturated heterocycles. The second-order valence-corrected chi connectivity index (χ2v) is 4.60. The molecule has 0 bridgehead atoms. The van der Waals surface area contributed by atoms with E-state index in [9.17, 15) is 9.59 Å². The smallest absolute Gasteiger partial charge is 0.341 e. The van der Waals surface area contributed by atoms with Crippen LogP contribution in [0, 0.1) is 0 Å². The molecule has 114 valence electrons. The first-order chi connectivity index (χ1) is 10.6. The number of aromatic nitrogens is 2. The first-order valence-electron chi connectivity index (χ1n) is 6.66. The predicted octanol–water partition coefficient (Wildman–Crippen LogP) is 1.77. The number of carbonyl (C=O) groups is 1. The summed E-state index contributed by atoms with van der Waals surface area (Å²) < 4.78 is 6.70. The first kappa shape index (κ1) is 15.5. The molecule has 1 aromatic carbocycles. The van der Waals surface area contributed by atoms with Gasteiger partial charge in [0.15, 0.2) is 6.61 Å². The molecule has 0 spiro atoms. The normalized spacial score (nSPS) is 10.4. The number of nitrogens with zero attached hydrogens (tertiary/aromatic N) is 2. The van der Waals surface area contributed by atoms with Gasteiger partial charge in [-0.15, -0.1) is 13.2 Å². The van der Waals surface area contributed by atoms with Gasteiger partial charge in [0, 0.05) is 12.1 Å². The van der Waals surface area contributed by atoms with Crippen molar-refractivity contribution in [3.8, 4) is 5.75 Å². The maximum absolute atomic E-state index is 12.6. The van der Waals surface area contributed by atoms with Crippen LogP contribution in [0.15, 0.2) is 48.6 Å². The van der Waals surface area contributed by atoms with E-state index in [2.05, 4.69) is 18.1 Å². The fourth-order valence-electron chi connectivity index (χ4n) is 2.18. The Morgan fingerprint density at radius 1 is 1.36 bits per heavy atom. The van der Waals surface area contributed by atoms with Gasteiger partial charge in [0.05, 0.1) is 17.2 Å². The van der Waals surface area contributed by atoms with Crippen LogP contribution in [0.5, 0.6) is 5.75 Å². The molecule has 0 aliphatic heterocycles. The van der Waals surface area contributed by atoms with Crippen LogP contribution in [-0.4, -0.2) is 27.2 Å². The number of rotatable bonds is 7. The first-order valence-corrected chi connectivity index (χ1v) is 6.66. The summed E-state index contributed by atoms with van der Waals surface area (Å²) in [4.78, 5) is 27.5. The van der Waals surface area contributed by atoms with Crippen LogP contribution in [0.25, 0.3) is 10.9 Å². The van der Waals surface area contributed by atoms with Crippen LogP contribution >= 0.6 is 0 Å². The van der Waals surface area contributed by atoms with Crippen molar-refractivity contribution in [2.24, 2.45) is 0 Å². The number of hydrogen-bond acceptors (Lipinski definition) is 4. The number of hydrogen-bond donors (Lipinski definition) is 1. The van der Waals surface area contributed by atoms with Crippen molar-refractivity contribution >= 4 is 16.9 Å². The summed E-state index contributed by atoms with van der Waals surface area (Å²) >= 11 is 0. The molecular weight excluding hydrogens is 284 g/mol. The number of carboxylic acids is 1. The Morgan fingerprint density at radius 3 is 2.77 bits per heavy atom. The summed E-state index contributed by atoms with van der Waals surface area (Å²) in [7, 11) is 0. The van der Waals surface area contributed by atoms with Gasteiger partial charge in [0.1, 0.15) is 5.75 Å². The van der Waals surface area contributed by atoms with Crippen LogP contribution in [0.2, 0.25) is 0 Å². The maximum Gasteiger partial charge on any atom is 0.341 e. The van der Waals surface area contributed by atoms with Gasteiger partial charge in [-0.1, -0.05) is 12.2 Å². The molecule has 0 radical (unpaired) electrons. The third kappa shape index (κ3) is 3.06. The predicted molar refractivity (Wildman–Crippen MR) is 83.2 cm³/mol. The highest BCUT2D eigenvalue weighted by atomic mass is 16.5. The quantitative estimate of drug-likeness (QED) is 0.788. The summed E-state index contributed by atoms with van der Waals surface area (Å²) in [6.45, 7) is 7.15. The van der Waals surface area contributed by atoms with Crippen LogP contribution < -0.4 is 10.3 Å². The number of allylic oxidation sites excluding steroid dienone is 2. The second-order valence-electron chi connectivity index (χ2n) is 4.60. The third-order valence-electron chi connectivity index (χ3n) is 3.08. The highest BCUT2D eigenvalue weighted by molar-refractivity contribution is 5.84. The summed E-state index contributed by atoms with van der Waals surface area (Å²) in [5, 5.41) is 9.15. The number of benzene rings is 1. The number of carboxylic acid groups (broad SMARTS) is 1. The van der Waals surface area contributed by atoms with Crippen molar-refractivity contribution in [2.45, 2.75) is 13.0 Å². The van der Waals surface area contributed by atoms with E-state index in [0.717, 1.165) is 0 Å². The molecule has 0 aliphatic carbocycles. The van der Waals surface area contributed by atoms with Crippen LogP contribution in [0.3, 0.4) is 0 Å². The van der Waals surface area contributed by atoms with Crippen molar-refractivity contribution in [2.75, 3.05) is 6.61 Å². The largest absolute Gasteiger partial charge is 0.482 e. The minimum absolute atomic E-state index is 0.220. The molecule has 1 N–H and O–H groups in total. The Labute approximate surface area is 127 Å². The zero-order chi connectivity index (χ0) is 16.1. The molecule has 0 aliphatic rings. The molecule has 1 aromatic heterocycles. The molecule has 0 fully saturated rings.